The molecule has 0 spiro atoms. The Kier molecular flexibility index (Phi) is 14.6. The topological polar surface area (TPSA) is 99.6 Å². The molecule has 0 radical (unpaired) electrons. The number of rotatable bonds is 16. The van der Waals surface area contributed by atoms with Gasteiger partial charge < -0.3 is 29.3 Å². The largest absolute Gasteiger partial charge is 0.386 e. The molecule has 244 valence electrons. The Morgan fingerprint density at radius 2 is 1.60 bits per heavy atom. The highest BCUT2D eigenvalue weighted by atomic mass is 16.5. The van der Waals surface area contributed by atoms with Gasteiger partial charge in [-0.05, 0) is 37.2 Å². The van der Waals surface area contributed by atoms with E-state index in [1.165, 1.54) is 0 Å². The van der Waals surface area contributed by atoms with Crippen LogP contribution in [0.25, 0.3) is 0 Å². The van der Waals surface area contributed by atoms with Gasteiger partial charge in [-0.2, -0.15) is 0 Å². The van der Waals surface area contributed by atoms with Crippen LogP contribution < -0.4 is 0 Å². The van der Waals surface area contributed by atoms with E-state index in [4.69, 9.17) is 9.47 Å². The number of aliphatic hydroxyl groups is 1. The highest BCUT2D eigenvalue weighted by Crippen LogP contribution is 2.31. The monoisotopic (exact) mass is 603 g/mol. The first-order chi connectivity index (χ1) is 20.3. The third-order valence-corrected chi connectivity index (χ3v) is 9.42. The van der Waals surface area contributed by atoms with E-state index in [-0.39, 0.29) is 48.1 Å². The van der Waals surface area contributed by atoms with Crippen LogP contribution in [0.15, 0.2) is 30.3 Å². The molecule has 0 saturated carbocycles. The third kappa shape index (κ3) is 9.25. The number of hydrogen-bond acceptors (Lipinski definition) is 6. The van der Waals surface area contributed by atoms with E-state index in [9.17, 15) is 19.5 Å². The number of carbonyl (C=O) groups excluding carboxylic acids is 3. The average molecular weight is 604 g/mol. The van der Waals surface area contributed by atoms with Crippen molar-refractivity contribution in [2.45, 2.75) is 110 Å². The molecule has 1 heterocycles. The summed E-state index contributed by atoms with van der Waals surface area (Å²) in [5.74, 6) is -0.317. The van der Waals surface area contributed by atoms with Crippen molar-refractivity contribution in [3.63, 3.8) is 0 Å². The number of likely N-dealkylation sites (N-methyl/N-ethyl adjacent to an activating group) is 2. The summed E-state index contributed by atoms with van der Waals surface area (Å²) in [5, 5.41) is 10.9. The lowest BCUT2D eigenvalue weighted by Gasteiger charge is -2.40. The molecule has 8 atom stereocenters. The molecule has 2 rings (SSSR count). The standard InChI is InChI=1S/C34H57N3O6/c1-11-23(4)31(36(8)29(38)20-22(2)3)28(42-9)21-30(39)37-19-15-18-27(37)33(43-10)24(5)34(41)35(7)25(6)32(40)26-16-13-12-14-17-26/h12-14,16-17,22-25,27-28,31-33,40H,11,15,18-21H2,1-10H3. The molecule has 9 nitrogen and oxygen atoms in total. The molecule has 0 aromatic heterocycles. The molecule has 43 heavy (non-hydrogen) atoms. The van der Waals surface area contributed by atoms with Crippen LogP contribution in [-0.4, -0.2) is 103 Å². The van der Waals surface area contributed by atoms with Crippen molar-refractivity contribution in [1.82, 2.24) is 14.7 Å². The van der Waals surface area contributed by atoms with Crippen molar-refractivity contribution in [2.24, 2.45) is 17.8 Å². The Morgan fingerprint density at radius 1 is 0.977 bits per heavy atom. The molecule has 1 aromatic rings. The van der Waals surface area contributed by atoms with Gasteiger partial charge in [0.15, 0.2) is 0 Å². The smallest absolute Gasteiger partial charge is 0.228 e. The molecule has 1 fully saturated rings. The van der Waals surface area contributed by atoms with Crippen LogP contribution in [-0.2, 0) is 23.9 Å². The zero-order chi connectivity index (χ0) is 32.4. The number of ether oxygens (including phenoxy) is 2. The van der Waals surface area contributed by atoms with E-state index in [0.29, 0.717) is 13.0 Å². The molecule has 1 N–H and O–H groups in total. The molecule has 1 aliphatic rings. The van der Waals surface area contributed by atoms with Crippen LogP contribution in [0, 0.1) is 17.8 Å². The second kappa shape index (κ2) is 17.1. The van der Waals surface area contributed by atoms with Crippen LogP contribution in [0.5, 0.6) is 0 Å². The Balaban J connectivity index is 2.20. The molecule has 0 bridgehead atoms. The van der Waals surface area contributed by atoms with Gasteiger partial charge in [0.05, 0.1) is 48.8 Å². The summed E-state index contributed by atoms with van der Waals surface area (Å²) >= 11 is 0. The van der Waals surface area contributed by atoms with Gasteiger partial charge in [0.1, 0.15) is 0 Å². The zero-order valence-corrected chi connectivity index (χ0v) is 28.2. The number of aliphatic hydroxyl groups excluding tert-OH is 1. The number of nitrogens with zero attached hydrogens (tertiary/aromatic N) is 3. The van der Waals surface area contributed by atoms with E-state index < -0.39 is 30.3 Å². The Hall–Kier alpha value is -2.49. The van der Waals surface area contributed by atoms with Crippen LogP contribution in [0.2, 0.25) is 0 Å². The van der Waals surface area contributed by atoms with E-state index in [1.54, 1.807) is 31.1 Å². The maximum Gasteiger partial charge on any atom is 0.228 e. The highest BCUT2D eigenvalue weighted by molar-refractivity contribution is 5.81. The third-order valence-electron chi connectivity index (χ3n) is 9.42. The molecule has 0 aliphatic carbocycles. The molecule has 1 aromatic carbocycles. The molecule has 1 saturated heterocycles. The Morgan fingerprint density at radius 3 is 2.14 bits per heavy atom. The summed E-state index contributed by atoms with van der Waals surface area (Å²) in [6, 6.07) is 8.35. The predicted molar refractivity (Wildman–Crippen MR) is 169 cm³/mol. The fourth-order valence-corrected chi connectivity index (χ4v) is 6.47. The van der Waals surface area contributed by atoms with Crippen molar-refractivity contribution >= 4 is 17.7 Å². The minimum atomic E-state index is -0.831. The minimum absolute atomic E-state index is 0.0522. The van der Waals surface area contributed by atoms with Crippen LogP contribution >= 0.6 is 0 Å². The van der Waals surface area contributed by atoms with Gasteiger partial charge in [-0.25, -0.2) is 0 Å². The van der Waals surface area contributed by atoms with E-state index in [2.05, 4.69) is 13.8 Å². The van der Waals surface area contributed by atoms with Gasteiger partial charge in [-0.3, -0.25) is 14.4 Å². The maximum absolute atomic E-state index is 13.9. The van der Waals surface area contributed by atoms with Crippen LogP contribution in [0.1, 0.15) is 85.3 Å². The van der Waals surface area contributed by atoms with Crippen molar-refractivity contribution in [3.05, 3.63) is 35.9 Å². The SMILES string of the molecule is CCC(C)C(C(CC(=O)N1CCCC1C(OC)C(C)C(=O)N(C)C(C)C(O)c1ccccc1)OC)N(C)C(=O)CC(C)C. The molecule has 8 unspecified atom stereocenters. The first kappa shape index (κ1) is 36.7. The summed E-state index contributed by atoms with van der Waals surface area (Å²) in [5.41, 5.74) is 0.748. The van der Waals surface area contributed by atoms with E-state index in [0.717, 1.165) is 24.8 Å². The van der Waals surface area contributed by atoms with Crippen molar-refractivity contribution < 1.29 is 29.0 Å². The fourth-order valence-electron chi connectivity index (χ4n) is 6.47. The summed E-state index contributed by atoms with van der Waals surface area (Å²) in [6.07, 6.45) is 1.17. The molecule has 1 aliphatic heterocycles. The second-order valence-corrected chi connectivity index (χ2v) is 12.8. The van der Waals surface area contributed by atoms with Gasteiger partial charge in [0.2, 0.25) is 17.7 Å². The number of benzene rings is 1. The lowest BCUT2D eigenvalue weighted by Crippen LogP contribution is -2.53. The highest BCUT2D eigenvalue weighted by Gasteiger charge is 2.43. The molecular weight excluding hydrogens is 546 g/mol. The molecule has 3 amide bonds. The number of hydrogen-bond donors (Lipinski definition) is 1. The fraction of sp³-hybridized carbons (Fsp3) is 0.735. The van der Waals surface area contributed by atoms with Crippen LogP contribution in [0.4, 0.5) is 0 Å². The van der Waals surface area contributed by atoms with Gasteiger partial charge >= 0.3 is 0 Å². The zero-order valence-electron chi connectivity index (χ0n) is 28.2. The normalized spacial score (nSPS) is 20.2. The lowest BCUT2D eigenvalue weighted by atomic mass is 9.90. The number of amides is 3. The summed E-state index contributed by atoms with van der Waals surface area (Å²) in [6.45, 7) is 12.5. The van der Waals surface area contributed by atoms with Gasteiger partial charge in [0, 0.05) is 41.3 Å². The Labute approximate surface area is 259 Å². The quantitative estimate of drug-likeness (QED) is 0.298. The first-order valence-electron chi connectivity index (χ1n) is 15.9. The van der Waals surface area contributed by atoms with E-state index in [1.807, 2.05) is 70.0 Å². The molecule has 9 heteroatoms. The summed E-state index contributed by atoms with van der Waals surface area (Å²) in [4.78, 5) is 45.8. The minimum Gasteiger partial charge on any atom is -0.386 e. The predicted octanol–water partition coefficient (Wildman–Crippen LogP) is 4.53. The molecular formula is C34H57N3O6. The summed E-state index contributed by atoms with van der Waals surface area (Å²) in [7, 11) is 6.71. The summed E-state index contributed by atoms with van der Waals surface area (Å²) < 4.78 is 11.8. The van der Waals surface area contributed by atoms with E-state index >= 15 is 0 Å². The van der Waals surface area contributed by atoms with Gasteiger partial charge in [-0.15, -0.1) is 0 Å². The number of methoxy groups -OCH3 is 2. The van der Waals surface area contributed by atoms with Gasteiger partial charge in [-0.1, -0.05) is 71.4 Å². The number of carbonyl (C=O) groups is 3. The maximum atomic E-state index is 13.9. The average Bonchev–Trinajstić information content (AvgIpc) is 3.48. The second-order valence-electron chi connectivity index (χ2n) is 12.8. The first-order valence-corrected chi connectivity index (χ1v) is 15.9. The Bertz CT molecular complexity index is 1020. The lowest BCUT2D eigenvalue weighted by molar-refractivity contribution is -0.149. The van der Waals surface area contributed by atoms with Crippen molar-refractivity contribution in [3.8, 4) is 0 Å². The van der Waals surface area contributed by atoms with Crippen molar-refractivity contribution in [1.29, 1.82) is 0 Å². The van der Waals surface area contributed by atoms with Gasteiger partial charge in [0.25, 0.3) is 0 Å². The van der Waals surface area contributed by atoms with Crippen molar-refractivity contribution in [2.75, 3.05) is 34.9 Å². The van der Waals surface area contributed by atoms with Crippen LogP contribution in [0.3, 0.4) is 0 Å². The number of likely N-dealkylation sites (tertiary alicyclic amines) is 1.